The molecule has 3 heterocycles. The van der Waals surface area contributed by atoms with Crippen molar-refractivity contribution in [3.8, 4) is 0 Å². The molecule has 1 amide bonds. The van der Waals surface area contributed by atoms with Crippen LogP contribution in [0.2, 0.25) is 0 Å². The van der Waals surface area contributed by atoms with Gasteiger partial charge in [0.2, 0.25) is 5.91 Å². The SMILES string of the molecule is Cc1oc2ccccc2c1CC(=O)N1CC(C2CCOC2)C1. The molecule has 22 heavy (non-hydrogen) atoms. The maximum atomic E-state index is 12.5. The van der Waals surface area contributed by atoms with Gasteiger partial charge < -0.3 is 14.1 Å². The lowest BCUT2D eigenvalue weighted by Gasteiger charge is -2.42. The first kappa shape index (κ1) is 13.8. The number of hydrogen-bond donors (Lipinski definition) is 0. The molecule has 2 saturated heterocycles. The van der Waals surface area contributed by atoms with Crippen molar-refractivity contribution < 1.29 is 13.9 Å². The topological polar surface area (TPSA) is 42.7 Å². The molecule has 2 aliphatic heterocycles. The van der Waals surface area contributed by atoms with Gasteiger partial charge in [-0.3, -0.25) is 4.79 Å². The molecule has 0 saturated carbocycles. The molecule has 2 aliphatic rings. The third kappa shape index (κ3) is 2.31. The van der Waals surface area contributed by atoms with Crippen molar-refractivity contribution in [3.05, 3.63) is 35.6 Å². The number of benzene rings is 1. The van der Waals surface area contributed by atoms with Crippen molar-refractivity contribution >= 4 is 16.9 Å². The number of carbonyl (C=O) groups is 1. The summed E-state index contributed by atoms with van der Waals surface area (Å²) in [6.45, 7) is 5.48. The molecule has 0 bridgehead atoms. The maximum Gasteiger partial charge on any atom is 0.227 e. The summed E-state index contributed by atoms with van der Waals surface area (Å²) in [5.41, 5.74) is 1.90. The Morgan fingerprint density at radius 1 is 1.27 bits per heavy atom. The van der Waals surface area contributed by atoms with E-state index in [0.717, 1.165) is 55.0 Å². The minimum absolute atomic E-state index is 0.213. The molecule has 4 nitrogen and oxygen atoms in total. The molecule has 1 unspecified atom stereocenters. The summed E-state index contributed by atoms with van der Waals surface area (Å²) in [5.74, 6) is 2.36. The lowest BCUT2D eigenvalue weighted by molar-refractivity contribution is -0.138. The highest BCUT2D eigenvalue weighted by Crippen LogP contribution is 2.31. The predicted octanol–water partition coefficient (Wildman–Crippen LogP) is 2.78. The van der Waals surface area contributed by atoms with E-state index in [2.05, 4.69) is 0 Å². The van der Waals surface area contributed by atoms with Crippen LogP contribution in [0.25, 0.3) is 11.0 Å². The summed E-state index contributed by atoms with van der Waals surface area (Å²) in [6.07, 6.45) is 1.59. The van der Waals surface area contributed by atoms with Crippen LogP contribution in [0.5, 0.6) is 0 Å². The number of rotatable bonds is 3. The van der Waals surface area contributed by atoms with E-state index < -0.39 is 0 Å². The van der Waals surface area contributed by atoms with Crippen LogP contribution in [0, 0.1) is 18.8 Å². The van der Waals surface area contributed by atoms with Crippen LogP contribution in [-0.4, -0.2) is 37.1 Å². The molecule has 0 aliphatic carbocycles. The Kier molecular flexibility index (Phi) is 3.41. The van der Waals surface area contributed by atoms with Gasteiger partial charge in [0.05, 0.1) is 6.42 Å². The molecule has 116 valence electrons. The molecular weight excluding hydrogens is 278 g/mol. The van der Waals surface area contributed by atoms with E-state index >= 15 is 0 Å². The summed E-state index contributed by atoms with van der Waals surface area (Å²) in [4.78, 5) is 14.5. The summed E-state index contributed by atoms with van der Waals surface area (Å²) in [6, 6.07) is 7.94. The van der Waals surface area contributed by atoms with Gasteiger partial charge in [0.1, 0.15) is 11.3 Å². The van der Waals surface area contributed by atoms with Gasteiger partial charge in [0, 0.05) is 37.3 Å². The van der Waals surface area contributed by atoms with E-state index in [1.165, 1.54) is 0 Å². The molecule has 4 heteroatoms. The number of ether oxygens (including phenoxy) is 1. The first-order valence-electron chi connectivity index (χ1n) is 8.05. The van der Waals surface area contributed by atoms with E-state index in [0.29, 0.717) is 18.3 Å². The average molecular weight is 299 g/mol. The normalized spacial score (nSPS) is 22.2. The highest BCUT2D eigenvalue weighted by atomic mass is 16.5. The summed E-state index contributed by atoms with van der Waals surface area (Å²) in [7, 11) is 0. The Morgan fingerprint density at radius 2 is 2.09 bits per heavy atom. The molecule has 2 aromatic rings. The largest absolute Gasteiger partial charge is 0.461 e. The summed E-state index contributed by atoms with van der Waals surface area (Å²) < 4.78 is 11.2. The Labute approximate surface area is 130 Å². The van der Waals surface area contributed by atoms with Gasteiger partial charge in [-0.05, 0) is 31.2 Å². The maximum absolute atomic E-state index is 12.5. The Hall–Kier alpha value is -1.81. The van der Waals surface area contributed by atoms with Gasteiger partial charge in [-0.25, -0.2) is 0 Å². The standard InChI is InChI=1S/C18H21NO3/c1-12-16(15-4-2-3-5-17(15)22-12)8-18(20)19-9-14(10-19)13-6-7-21-11-13/h2-5,13-14H,6-11H2,1H3. The molecule has 1 aromatic carbocycles. The monoisotopic (exact) mass is 299 g/mol. The van der Waals surface area contributed by atoms with Crippen molar-refractivity contribution in [1.29, 1.82) is 0 Å². The van der Waals surface area contributed by atoms with Crippen molar-refractivity contribution in [3.63, 3.8) is 0 Å². The highest BCUT2D eigenvalue weighted by Gasteiger charge is 2.37. The third-order valence-electron chi connectivity index (χ3n) is 5.12. The van der Waals surface area contributed by atoms with Gasteiger partial charge in [-0.15, -0.1) is 0 Å². The fourth-order valence-electron chi connectivity index (χ4n) is 3.64. The zero-order chi connectivity index (χ0) is 15.1. The minimum atomic E-state index is 0.213. The van der Waals surface area contributed by atoms with Gasteiger partial charge in [-0.2, -0.15) is 0 Å². The highest BCUT2D eigenvalue weighted by molar-refractivity contribution is 5.88. The van der Waals surface area contributed by atoms with E-state index in [1.807, 2.05) is 36.1 Å². The number of carbonyl (C=O) groups excluding carboxylic acids is 1. The lowest BCUT2D eigenvalue weighted by Crippen LogP contribution is -2.53. The van der Waals surface area contributed by atoms with Gasteiger partial charge in [-0.1, -0.05) is 18.2 Å². The number of likely N-dealkylation sites (tertiary alicyclic amines) is 1. The molecular formula is C18H21NO3. The Balaban J connectivity index is 1.43. The number of hydrogen-bond acceptors (Lipinski definition) is 3. The van der Waals surface area contributed by atoms with E-state index in [1.54, 1.807) is 0 Å². The number of amides is 1. The summed E-state index contributed by atoms with van der Waals surface area (Å²) in [5, 5.41) is 1.06. The second-order valence-corrected chi connectivity index (χ2v) is 6.49. The number of aryl methyl sites for hydroxylation is 1. The van der Waals surface area contributed by atoms with Gasteiger partial charge in [0.25, 0.3) is 0 Å². The molecule has 1 aromatic heterocycles. The number of fused-ring (bicyclic) bond motifs is 1. The average Bonchev–Trinajstić information content (AvgIpc) is 3.07. The second kappa shape index (κ2) is 5.43. The molecule has 2 fully saturated rings. The van der Waals surface area contributed by atoms with Crippen LogP contribution >= 0.6 is 0 Å². The fraction of sp³-hybridized carbons (Fsp3) is 0.500. The molecule has 0 spiro atoms. The molecule has 0 radical (unpaired) electrons. The van der Waals surface area contributed by atoms with Crippen molar-refractivity contribution in [2.24, 2.45) is 11.8 Å². The van der Waals surface area contributed by atoms with Crippen LogP contribution in [-0.2, 0) is 16.0 Å². The fourth-order valence-corrected chi connectivity index (χ4v) is 3.64. The Bertz CT molecular complexity index is 693. The number of para-hydroxylation sites is 1. The number of furan rings is 1. The van der Waals surface area contributed by atoms with E-state index in [9.17, 15) is 4.79 Å². The lowest BCUT2D eigenvalue weighted by atomic mass is 9.85. The predicted molar refractivity (Wildman–Crippen MR) is 83.7 cm³/mol. The first-order valence-corrected chi connectivity index (χ1v) is 8.05. The smallest absolute Gasteiger partial charge is 0.227 e. The molecule has 1 atom stereocenters. The van der Waals surface area contributed by atoms with Crippen LogP contribution in [0.3, 0.4) is 0 Å². The summed E-state index contributed by atoms with van der Waals surface area (Å²) >= 11 is 0. The molecule has 4 rings (SSSR count). The molecule has 0 N–H and O–H groups in total. The minimum Gasteiger partial charge on any atom is -0.461 e. The van der Waals surface area contributed by atoms with E-state index in [-0.39, 0.29) is 5.91 Å². The quantitative estimate of drug-likeness (QED) is 0.875. The van der Waals surface area contributed by atoms with Crippen LogP contribution in [0.4, 0.5) is 0 Å². The van der Waals surface area contributed by atoms with Gasteiger partial charge >= 0.3 is 0 Å². The van der Waals surface area contributed by atoms with Crippen LogP contribution in [0.1, 0.15) is 17.7 Å². The zero-order valence-electron chi connectivity index (χ0n) is 12.9. The Morgan fingerprint density at radius 3 is 2.86 bits per heavy atom. The second-order valence-electron chi connectivity index (χ2n) is 6.49. The number of nitrogens with zero attached hydrogens (tertiary/aromatic N) is 1. The third-order valence-corrected chi connectivity index (χ3v) is 5.12. The van der Waals surface area contributed by atoms with Crippen molar-refractivity contribution in [2.45, 2.75) is 19.8 Å². The zero-order valence-corrected chi connectivity index (χ0v) is 12.9. The van der Waals surface area contributed by atoms with E-state index in [4.69, 9.17) is 9.15 Å². The van der Waals surface area contributed by atoms with Crippen LogP contribution in [0.15, 0.2) is 28.7 Å². The van der Waals surface area contributed by atoms with Crippen molar-refractivity contribution in [2.75, 3.05) is 26.3 Å². The van der Waals surface area contributed by atoms with Crippen molar-refractivity contribution in [1.82, 2.24) is 4.90 Å². The first-order chi connectivity index (χ1) is 10.7. The van der Waals surface area contributed by atoms with Crippen LogP contribution < -0.4 is 0 Å². The van der Waals surface area contributed by atoms with Gasteiger partial charge in [0.15, 0.2) is 0 Å².